The van der Waals surface area contributed by atoms with E-state index in [2.05, 4.69) is 4.98 Å². The van der Waals surface area contributed by atoms with E-state index in [0.717, 1.165) is 27.9 Å². The summed E-state index contributed by atoms with van der Waals surface area (Å²) in [4.78, 5) is 18.4. The molecule has 0 atom stereocenters. The monoisotopic (exact) mass is 471 g/mol. The topological polar surface area (TPSA) is 81.1 Å². The highest BCUT2D eigenvalue weighted by Crippen LogP contribution is 2.44. The van der Waals surface area contributed by atoms with Crippen LogP contribution in [0.1, 0.15) is 18.4 Å². The lowest BCUT2D eigenvalue weighted by Crippen LogP contribution is -2.51. The maximum absolute atomic E-state index is 13.1. The van der Waals surface area contributed by atoms with Crippen LogP contribution in [0.25, 0.3) is 31.8 Å². The van der Waals surface area contributed by atoms with Crippen LogP contribution in [-0.2, 0) is 12.1 Å². The van der Waals surface area contributed by atoms with Crippen molar-refractivity contribution in [3.8, 4) is 21.6 Å². The van der Waals surface area contributed by atoms with Crippen LogP contribution in [0.3, 0.4) is 0 Å². The molecule has 5 rings (SSSR count). The molecule has 1 saturated carbocycles. The molecule has 2 heterocycles. The first-order valence-corrected chi connectivity index (χ1v) is 11.2. The molecule has 5 nitrogen and oxygen atoms in total. The Morgan fingerprint density at radius 1 is 1.09 bits per heavy atom. The van der Waals surface area contributed by atoms with Crippen LogP contribution in [0.4, 0.5) is 13.2 Å². The summed E-state index contributed by atoms with van der Waals surface area (Å²) in [5.74, 6) is 0. The van der Waals surface area contributed by atoms with Gasteiger partial charge in [0.15, 0.2) is 0 Å². The van der Waals surface area contributed by atoms with Gasteiger partial charge < -0.3 is 10.8 Å². The molecule has 9 heteroatoms. The molecule has 1 fully saturated rings. The van der Waals surface area contributed by atoms with Crippen LogP contribution in [-0.4, -0.2) is 26.9 Å². The van der Waals surface area contributed by atoms with Gasteiger partial charge >= 0.3 is 6.18 Å². The minimum absolute atomic E-state index is 0.175. The largest absolute Gasteiger partial charge is 0.406 e. The Morgan fingerprint density at radius 2 is 1.76 bits per heavy atom. The summed E-state index contributed by atoms with van der Waals surface area (Å²) in [6.07, 6.45) is -2.99. The molecule has 1 aliphatic carbocycles. The van der Waals surface area contributed by atoms with Crippen molar-refractivity contribution in [2.45, 2.75) is 37.2 Å². The summed E-state index contributed by atoms with van der Waals surface area (Å²) in [5, 5.41) is 9.83. The molecule has 0 bridgehead atoms. The number of benzene rings is 2. The highest BCUT2D eigenvalue weighted by atomic mass is 32.1. The number of aliphatic hydroxyl groups is 1. The van der Waals surface area contributed by atoms with Gasteiger partial charge in [-0.1, -0.05) is 54.6 Å². The lowest BCUT2D eigenvalue weighted by molar-refractivity contribution is -0.141. The first kappa shape index (κ1) is 21.8. The molecule has 33 heavy (non-hydrogen) atoms. The van der Waals surface area contributed by atoms with E-state index in [1.807, 2.05) is 54.6 Å². The minimum Gasteiger partial charge on any atom is -0.393 e. The molecule has 1 aliphatic rings. The average Bonchev–Trinajstić information content (AvgIpc) is 3.15. The standard InChI is InChI=1S/C24H20F3N3O2S/c25-24(26,27)12-30-13-29-21-19(22(30)32)18(14-4-2-1-3-5-14)20(33-21)15-6-8-16(9-7-15)23(28)10-17(31)11-23/h1-9,13,17,31H,10-12,28H2. The van der Waals surface area contributed by atoms with E-state index in [1.165, 1.54) is 11.3 Å². The predicted molar refractivity (Wildman–Crippen MR) is 122 cm³/mol. The second-order valence-electron chi connectivity index (χ2n) is 8.44. The molecule has 2 aromatic carbocycles. The molecule has 2 aromatic heterocycles. The van der Waals surface area contributed by atoms with E-state index >= 15 is 0 Å². The fraction of sp³-hybridized carbons (Fsp3) is 0.250. The van der Waals surface area contributed by atoms with Crippen LogP contribution in [0.15, 0.2) is 65.7 Å². The molecule has 0 saturated heterocycles. The lowest BCUT2D eigenvalue weighted by atomic mass is 9.70. The van der Waals surface area contributed by atoms with Gasteiger partial charge in [0.2, 0.25) is 0 Å². The second kappa shape index (κ2) is 7.79. The van der Waals surface area contributed by atoms with E-state index in [4.69, 9.17) is 5.73 Å². The molecule has 4 aromatic rings. The summed E-state index contributed by atoms with van der Waals surface area (Å²) in [6, 6.07) is 16.7. The molecule has 0 aliphatic heterocycles. The number of aliphatic hydroxyl groups excluding tert-OH is 1. The van der Waals surface area contributed by atoms with E-state index in [-0.39, 0.29) is 5.39 Å². The number of thiophene rings is 1. The first-order chi connectivity index (χ1) is 15.6. The normalized spacial score (nSPS) is 20.7. The molecule has 3 N–H and O–H groups in total. The van der Waals surface area contributed by atoms with Gasteiger partial charge in [-0.2, -0.15) is 13.2 Å². The number of nitrogens with two attached hydrogens (primary N) is 1. The van der Waals surface area contributed by atoms with Crippen molar-refractivity contribution < 1.29 is 18.3 Å². The Kier molecular flexibility index (Phi) is 5.15. The van der Waals surface area contributed by atoms with Gasteiger partial charge in [-0.3, -0.25) is 9.36 Å². The van der Waals surface area contributed by atoms with Gasteiger partial charge in [-0.15, -0.1) is 11.3 Å². The van der Waals surface area contributed by atoms with Gasteiger partial charge in [0.25, 0.3) is 5.56 Å². The highest BCUT2D eigenvalue weighted by Gasteiger charge is 2.41. The number of halogens is 3. The second-order valence-corrected chi connectivity index (χ2v) is 9.44. The highest BCUT2D eigenvalue weighted by molar-refractivity contribution is 7.22. The molecular weight excluding hydrogens is 451 g/mol. The third kappa shape index (κ3) is 3.96. The van der Waals surface area contributed by atoms with Gasteiger partial charge in [0.05, 0.1) is 17.8 Å². The Labute approximate surface area is 190 Å². The zero-order valence-electron chi connectivity index (χ0n) is 17.3. The number of hydrogen-bond donors (Lipinski definition) is 2. The maximum Gasteiger partial charge on any atom is 0.406 e. The van der Waals surface area contributed by atoms with Crippen molar-refractivity contribution in [2.75, 3.05) is 0 Å². The smallest absolute Gasteiger partial charge is 0.393 e. The summed E-state index contributed by atoms with van der Waals surface area (Å²) < 4.78 is 39.6. The number of rotatable bonds is 4. The Hall–Kier alpha value is -3.01. The molecular formula is C24H20F3N3O2S. The van der Waals surface area contributed by atoms with Gasteiger partial charge in [-0.05, 0) is 29.5 Å². The van der Waals surface area contributed by atoms with E-state index in [9.17, 15) is 23.1 Å². The van der Waals surface area contributed by atoms with Gasteiger partial charge in [0.1, 0.15) is 11.4 Å². The summed E-state index contributed by atoms with van der Waals surface area (Å²) in [7, 11) is 0. The zero-order valence-corrected chi connectivity index (χ0v) is 18.2. The zero-order chi connectivity index (χ0) is 23.4. The van der Waals surface area contributed by atoms with Gasteiger partial charge in [-0.25, -0.2) is 4.98 Å². The number of alkyl halides is 3. The predicted octanol–water partition coefficient (Wildman–Crippen LogP) is 4.66. The SMILES string of the molecule is NC1(c2ccc(-c3sc4ncn(CC(F)(F)F)c(=O)c4c3-c3ccccc3)cc2)CC(O)C1. The Balaban J connectivity index is 1.68. The number of hydrogen-bond acceptors (Lipinski definition) is 5. The van der Waals surface area contributed by atoms with Crippen LogP contribution in [0.2, 0.25) is 0 Å². The molecule has 0 spiro atoms. The van der Waals surface area contributed by atoms with Crippen molar-refractivity contribution in [3.05, 3.63) is 76.8 Å². The van der Waals surface area contributed by atoms with Crippen molar-refractivity contribution >= 4 is 21.6 Å². The average molecular weight is 472 g/mol. The summed E-state index contributed by atoms with van der Waals surface area (Å²) in [5.41, 5.74) is 8.10. The quantitative estimate of drug-likeness (QED) is 0.454. The van der Waals surface area contributed by atoms with E-state index < -0.39 is 29.9 Å². The summed E-state index contributed by atoms with van der Waals surface area (Å²) in [6.45, 7) is -1.40. The van der Waals surface area contributed by atoms with Crippen LogP contribution >= 0.6 is 11.3 Å². The number of fused-ring (bicyclic) bond motifs is 1. The van der Waals surface area contributed by atoms with Crippen LogP contribution in [0.5, 0.6) is 0 Å². The van der Waals surface area contributed by atoms with Gasteiger partial charge in [0, 0.05) is 16.0 Å². The van der Waals surface area contributed by atoms with Crippen molar-refractivity contribution in [3.63, 3.8) is 0 Å². The molecule has 0 radical (unpaired) electrons. The third-order valence-corrected chi connectivity index (χ3v) is 7.16. The van der Waals surface area contributed by atoms with Crippen molar-refractivity contribution in [1.29, 1.82) is 0 Å². The van der Waals surface area contributed by atoms with Crippen LogP contribution in [0, 0.1) is 0 Å². The lowest BCUT2D eigenvalue weighted by Gasteiger charge is -2.42. The van der Waals surface area contributed by atoms with E-state index in [1.54, 1.807) is 0 Å². The fourth-order valence-electron chi connectivity index (χ4n) is 4.39. The first-order valence-electron chi connectivity index (χ1n) is 10.4. The summed E-state index contributed by atoms with van der Waals surface area (Å²) >= 11 is 1.27. The number of aromatic nitrogens is 2. The Morgan fingerprint density at radius 3 is 2.36 bits per heavy atom. The van der Waals surface area contributed by atoms with Crippen molar-refractivity contribution in [1.82, 2.24) is 9.55 Å². The number of nitrogens with zero attached hydrogens (tertiary/aromatic N) is 2. The maximum atomic E-state index is 13.1. The minimum atomic E-state index is -4.53. The molecule has 0 amide bonds. The Bertz CT molecular complexity index is 1370. The molecule has 0 unspecified atom stereocenters. The van der Waals surface area contributed by atoms with Crippen LogP contribution < -0.4 is 11.3 Å². The third-order valence-electron chi connectivity index (χ3n) is 6.01. The van der Waals surface area contributed by atoms with E-state index in [0.29, 0.717) is 27.8 Å². The molecule has 170 valence electrons. The fourth-order valence-corrected chi connectivity index (χ4v) is 5.55. The van der Waals surface area contributed by atoms with Crippen molar-refractivity contribution in [2.24, 2.45) is 5.73 Å².